The Kier molecular flexibility index (Phi) is 5.39. The van der Waals surface area contributed by atoms with Crippen molar-refractivity contribution < 1.29 is 5.11 Å². The Labute approximate surface area is 164 Å². The summed E-state index contributed by atoms with van der Waals surface area (Å²) in [7, 11) is 0. The fourth-order valence-electron chi connectivity index (χ4n) is 5.61. The van der Waals surface area contributed by atoms with E-state index in [1.807, 2.05) is 36.4 Å². The van der Waals surface area contributed by atoms with E-state index in [0.29, 0.717) is 11.6 Å². The van der Waals surface area contributed by atoms with Crippen LogP contribution in [-0.2, 0) is 5.60 Å². The molecule has 144 valence electrons. The Morgan fingerprint density at radius 3 is 2.00 bits per heavy atom. The quantitative estimate of drug-likeness (QED) is 0.758. The Morgan fingerprint density at radius 2 is 1.44 bits per heavy atom. The van der Waals surface area contributed by atoms with Crippen molar-refractivity contribution in [3.63, 3.8) is 0 Å². The second-order valence-electron chi connectivity index (χ2n) is 8.71. The number of aliphatic hydroxyl groups is 1. The van der Waals surface area contributed by atoms with Crippen LogP contribution in [0.1, 0.15) is 69.4 Å². The zero-order valence-electron chi connectivity index (χ0n) is 16.6. The fraction of sp³-hybridized carbons (Fsp3) is 0.520. The van der Waals surface area contributed by atoms with E-state index in [1.165, 1.54) is 44.9 Å². The first-order valence-corrected chi connectivity index (χ1v) is 10.7. The van der Waals surface area contributed by atoms with Gasteiger partial charge in [-0.3, -0.25) is 4.90 Å². The summed E-state index contributed by atoms with van der Waals surface area (Å²) < 4.78 is 0. The largest absolute Gasteiger partial charge is 0.380 e. The van der Waals surface area contributed by atoms with Gasteiger partial charge in [0.25, 0.3) is 0 Å². The number of hydrogen-bond acceptors (Lipinski definition) is 2. The summed E-state index contributed by atoms with van der Waals surface area (Å²) >= 11 is 0. The average Bonchev–Trinajstić information content (AvgIpc) is 3.03. The van der Waals surface area contributed by atoms with Gasteiger partial charge in [-0.25, -0.2) is 0 Å². The molecule has 1 aliphatic carbocycles. The van der Waals surface area contributed by atoms with Gasteiger partial charge in [0, 0.05) is 18.1 Å². The van der Waals surface area contributed by atoms with Crippen molar-refractivity contribution in [1.29, 1.82) is 0 Å². The third kappa shape index (κ3) is 3.58. The molecule has 0 amide bonds. The maximum Gasteiger partial charge on any atom is 0.116 e. The van der Waals surface area contributed by atoms with E-state index >= 15 is 0 Å². The summed E-state index contributed by atoms with van der Waals surface area (Å²) in [5.41, 5.74) is 1.47. The van der Waals surface area contributed by atoms with Crippen molar-refractivity contribution in [1.82, 2.24) is 4.90 Å². The van der Waals surface area contributed by atoms with Gasteiger partial charge in [0.1, 0.15) is 5.60 Å². The smallest absolute Gasteiger partial charge is 0.116 e. The van der Waals surface area contributed by atoms with E-state index in [-0.39, 0.29) is 0 Å². The molecule has 1 N–H and O–H groups in total. The van der Waals surface area contributed by atoms with Gasteiger partial charge in [-0.2, -0.15) is 0 Å². The molecular formula is C25H33NO. The average molecular weight is 364 g/mol. The van der Waals surface area contributed by atoms with Gasteiger partial charge in [-0.15, -0.1) is 0 Å². The molecule has 1 atom stereocenters. The van der Waals surface area contributed by atoms with E-state index in [2.05, 4.69) is 36.1 Å². The van der Waals surface area contributed by atoms with Crippen LogP contribution in [0, 0.1) is 0 Å². The number of benzene rings is 2. The zero-order valence-corrected chi connectivity index (χ0v) is 16.6. The molecule has 0 bridgehead atoms. The van der Waals surface area contributed by atoms with E-state index in [9.17, 15) is 5.11 Å². The molecule has 27 heavy (non-hydrogen) atoms. The van der Waals surface area contributed by atoms with Crippen molar-refractivity contribution in [3.05, 3.63) is 71.8 Å². The Hall–Kier alpha value is -1.64. The fourth-order valence-corrected chi connectivity index (χ4v) is 5.61. The number of hydrogen-bond donors (Lipinski definition) is 1. The van der Waals surface area contributed by atoms with E-state index in [0.717, 1.165) is 24.1 Å². The van der Waals surface area contributed by atoms with Gasteiger partial charge >= 0.3 is 0 Å². The van der Waals surface area contributed by atoms with Crippen LogP contribution < -0.4 is 0 Å². The van der Waals surface area contributed by atoms with Gasteiger partial charge in [-0.05, 0) is 50.2 Å². The van der Waals surface area contributed by atoms with E-state index in [1.54, 1.807) is 0 Å². The molecule has 0 aromatic heterocycles. The van der Waals surface area contributed by atoms with Crippen LogP contribution in [0.2, 0.25) is 0 Å². The molecular weight excluding hydrogens is 330 g/mol. The lowest BCUT2D eigenvalue weighted by Gasteiger charge is -2.45. The van der Waals surface area contributed by atoms with Crippen molar-refractivity contribution in [2.24, 2.45) is 0 Å². The monoisotopic (exact) mass is 363 g/mol. The normalized spacial score (nSPS) is 23.0. The summed E-state index contributed by atoms with van der Waals surface area (Å²) in [5, 5.41) is 11.9. The van der Waals surface area contributed by atoms with Gasteiger partial charge in [-0.1, -0.05) is 79.9 Å². The second-order valence-corrected chi connectivity index (χ2v) is 8.71. The maximum atomic E-state index is 11.9. The third-order valence-electron chi connectivity index (χ3n) is 7.17. The Bertz CT molecular complexity index is 675. The summed E-state index contributed by atoms with van der Waals surface area (Å²) in [6.07, 6.45) is 10.2. The number of nitrogens with zero attached hydrogens (tertiary/aromatic N) is 1. The predicted molar refractivity (Wildman–Crippen MR) is 112 cm³/mol. The molecule has 2 aromatic carbocycles. The van der Waals surface area contributed by atoms with Gasteiger partial charge in [0.15, 0.2) is 0 Å². The van der Waals surface area contributed by atoms with Crippen molar-refractivity contribution in [2.75, 3.05) is 6.54 Å². The van der Waals surface area contributed by atoms with E-state index in [4.69, 9.17) is 0 Å². The summed E-state index contributed by atoms with van der Waals surface area (Å²) in [5.74, 6) is 0. The van der Waals surface area contributed by atoms with Crippen LogP contribution in [0.25, 0.3) is 0 Å². The highest BCUT2D eigenvalue weighted by Crippen LogP contribution is 2.45. The highest BCUT2D eigenvalue weighted by molar-refractivity contribution is 5.35. The maximum absolute atomic E-state index is 11.9. The number of rotatable bonds is 5. The lowest BCUT2D eigenvalue weighted by molar-refractivity contribution is 0.0190. The SMILES string of the molecule is CC1CCC2(CCCCC2)N1CCC(O)(c1ccccc1)c1ccccc1. The minimum Gasteiger partial charge on any atom is -0.380 e. The standard InChI is InChI=1S/C25H33NO/c1-21-15-18-24(16-9-4-10-17-24)26(21)20-19-25(27,22-11-5-2-6-12-22)23-13-7-3-8-14-23/h2-3,5-8,11-14,21,27H,4,9-10,15-20H2,1H3. The minimum atomic E-state index is -0.930. The van der Waals surface area contributed by atoms with Crippen LogP contribution in [0.15, 0.2) is 60.7 Å². The Morgan fingerprint density at radius 1 is 0.889 bits per heavy atom. The molecule has 1 unspecified atom stereocenters. The lowest BCUT2D eigenvalue weighted by atomic mass is 9.79. The highest BCUT2D eigenvalue weighted by atomic mass is 16.3. The molecule has 2 nitrogen and oxygen atoms in total. The van der Waals surface area contributed by atoms with Crippen molar-refractivity contribution in [3.8, 4) is 0 Å². The van der Waals surface area contributed by atoms with Gasteiger partial charge in [0.05, 0.1) is 0 Å². The second kappa shape index (κ2) is 7.77. The minimum absolute atomic E-state index is 0.395. The number of likely N-dealkylation sites (tertiary alicyclic amines) is 1. The van der Waals surface area contributed by atoms with Crippen molar-refractivity contribution in [2.45, 2.75) is 75.5 Å². The Balaban J connectivity index is 1.61. The first-order chi connectivity index (χ1) is 13.1. The van der Waals surface area contributed by atoms with Crippen LogP contribution in [-0.4, -0.2) is 28.1 Å². The van der Waals surface area contributed by atoms with Crippen LogP contribution in [0.5, 0.6) is 0 Å². The molecule has 0 radical (unpaired) electrons. The molecule has 2 fully saturated rings. The first-order valence-electron chi connectivity index (χ1n) is 10.7. The van der Waals surface area contributed by atoms with Crippen LogP contribution >= 0.6 is 0 Å². The van der Waals surface area contributed by atoms with Gasteiger partial charge < -0.3 is 5.11 Å². The van der Waals surface area contributed by atoms with Crippen LogP contribution in [0.4, 0.5) is 0 Å². The predicted octanol–water partition coefficient (Wildman–Crippen LogP) is 5.50. The molecule has 1 heterocycles. The zero-order chi connectivity index (χ0) is 18.7. The van der Waals surface area contributed by atoms with Crippen LogP contribution in [0.3, 0.4) is 0 Å². The molecule has 1 spiro atoms. The summed E-state index contributed by atoms with van der Waals surface area (Å²) in [6.45, 7) is 3.34. The van der Waals surface area contributed by atoms with Crippen molar-refractivity contribution >= 4 is 0 Å². The summed E-state index contributed by atoms with van der Waals surface area (Å²) in [6, 6.07) is 21.1. The third-order valence-corrected chi connectivity index (χ3v) is 7.17. The molecule has 1 saturated heterocycles. The molecule has 4 rings (SSSR count). The lowest BCUT2D eigenvalue weighted by Crippen LogP contribution is -2.49. The first kappa shape index (κ1) is 18.7. The molecule has 2 heteroatoms. The van der Waals surface area contributed by atoms with E-state index < -0.39 is 5.60 Å². The molecule has 1 aliphatic heterocycles. The molecule has 2 aliphatic rings. The van der Waals surface area contributed by atoms with Gasteiger partial charge in [0.2, 0.25) is 0 Å². The molecule has 2 aromatic rings. The molecule has 1 saturated carbocycles. The summed E-state index contributed by atoms with van der Waals surface area (Å²) in [4.78, 5) is 2.75. The topological polar surface area (TPSA) is 23.5 Å². The highest BCUT2D eigenvalue weighted by Gasteiger charge is 2.45.